The van der Waals surface area contributed by atoms with Gasteiger partial charge in [-0.05, 0) is 39.8 Å². The summed E-state index contributed by atoms with van der Waals surface area (Å²) < 4.78 is 16.5. The van der Waals surface area contributed by atoms with Gasteiger partial charge in [0.15, 0.2) is 0 Å². The van der Waals surface area contributed by atoms with E-state index in [1.807, 2.05) is 27.3 Å². The maximum absolute atomic E-state index is 10.8. The van der Waals surface area contributed by atoms with E-state index in [-0.39, 0.29) is 12.1 Å². The minimum atomic E-state index is -2.11. The normalized spacial score (nSPS) is 14.4. The number of esters is 1. The third-order valence-corrected chi connectivity index (χ3v) is 5.25. The summed E-state index contributed by atoms with van der Waals surface area (Å²) in [5.74, 6) is -0.380. The van der Waals surface area contributed by atoms with Crippen molar-refractivity contribution in [2.45, 2.75) is 45.9 Å². The van der Waals surface area contributed by atoms with Crippen molar-refractivity contribution in [2.24, 2.45) is 0 Å². The monoisotopic (exact) mass is 260 g/mol. The van der Waals surface area contributed by atoms with Crippen LogP contribution in [-0.4, -0.2) is 33.8 Å². The fraction of sp³-hybridized carbons (Fsp3) is 0.750. The van der Waals surface area contributed by atoms with E-state index < -0.39 is 8.56 Å². The molecule has 0 N–H and O–H groups in total. The van der Waals surface area contributed by atoms with Crippen LogP contribution in [0.25, 0.3) is 0 Å². The van der Waals surface area contributed by atoms with E-state index in [0.29, 0.717) is 13.2 Å². The third-order valence-electron chi connectivity index (χ3n) is 2.12. The number of rotatable bonds is 9. The van der Waals surface area contributed by atoms with Gasteiger partial charge in [0.1, 0.15) is 0 Å². The zero-order chi connectivity index (χ0) is 13.3. The van der Waals surface area contributed by atoms with Crippen LogP contribution in [-0.2, 0) is 18.4 Å². The van der Waals surface area contributed by atoms with Gasteiger partial charge in [0.2, 0.25) is 0 Å². The highest BCUT2D eigenvalue weighted by atomic mass is 28.4. The summed E-state index contributed by atoms with van der Waals surface area (Å²) in [6.45, 7) is 12.4. The van der Waals surface area contributed by atoms with Crippen LogP contribution >= 0.6 is 0 Å². The van der Waals surface area contributed by atoms with E-state index in [1.165, 1.54) is 6.08 Å². The van der Waals surface area contributed by atoms with Crippen LogP contribution in [0.5, 0.6) is 0 Å². The molecule has 0 fully saturated rings. The Hall–Kier alpha value is -0.653. The Morgan fingerprint density at radius 3 is 2.59 bits per heavy atom. The van der Waals surface area contributed by atoms with Crippen molar-refractivity contribution in [1.29, 1.82) is 0 Å². The van der Waals surface area contributed by atoms with Gasteiger partial charge in [0, 0.05) is 18.8 Å². The molecule has 100 valence electrons. The summed E-state index contributed by atoms with van der Waals surface area (Å²) in [6, 6.07) is 0.823. The summed E-state index contributed by atoms with van der Waals surface area (Å²) in [5, 5.41) is 0. The third kappa shape index (κ3) is 8.12. The minimum Gasteiger partial charge on any atom is -0.463 e. The van der Waals surface area contributed by atoms with E-state index in [2.05, 4.69) is 6.58 Å². The first kappa shape index (κ1) is 16.3. The van der Waals surface area contributed by atoms with E-state index in [4.69, 9.17) is 13.6 Å². The van der Waals surface area contributed by atoms with Crippen LogP contribution in [0.2, 0.25) is 12.6 Å². The predicted molar refractivity (Wildman–Crippen MR) is 70.0 cm³/mol. The lowest BCUT2D eigenvalue weighted by Gasteiger charge is -2.28. The molecule has 5 heteroatoms. The first-order valence-electron chi connectivity index (χ1n) is 6.04. The van der Waals surface area contributed by atoms with Gasteiger partial charge in [-0.3, -0.25) is 0 Å². The van der Waals surface area contributed by atoms with Crippen molar-refractivity contribution in [3.63, 3.8) is 0 Å². The van der Waals surface area contributed by atoms with E-state index in [9.17, 15) is 4.79 Å². The zero-order valence-corrected chi connectivity index (χ0v) is 12.3. The second-order valence-corrected chi connectivity index (χ2v) is 7.50. The number of hydrogen-bond acceptors (Lipinski definition) is 4. The largest absolute Gasteiger partial charge is 0.463 e. The van der Waals surface area contributed by atoms with Crippen LogP contribution in [0.3, 0.4) is 0 Å². The molecule has 0 rings (SSSR count). The number of carbonyl (C=O) groups is 1. The molecule has 0 spiro atoms. The summed E-state index contributed by atoms with van der Waals surface area (Å²) in [6.07, 6.45) is 2.09. The van der Waals surface area contributed by atoms with Crippen molar-refractivity contribution in [3.8, 4) is 0 Å². The molecule has 17 heavy (non-hydrogen) atoms. The van der Waals surface area contributed by atoms with Crippen molar-refractivity contribution < 1.29 is 18.4 Å². The quantitative estimate of drug-likeness (QED) is 0.277. The Kier molecular flexibility index (Phi) is 8.12. The Balaban J connectivity index is 3.99. The number of ether oxygens (including phenoxy) is 1. The fourth-order valence-corrected chi connectivity index (χ4v) is 4.32. The van der Waals surface area contributed by atoms with E-state index >= 15 is 0 Å². The molecule has 0 aliphatic heterocycles. The summed E-state index contributed by atoms with van der Waals surface area (Å²) in [5.41, 5.74) is 0. The molecule has 0 heterocycles. The lowest BCUT2D eigenvalue weighted by molar-refractivity contribution is -0.137. The van der Waals surface area contributed by atoms with Gasteiger partial charge in [-0.15, -0.1) is 0 Å². The second-order valence-electron chi connectivity index (χ2n) is 4.21. The molecule has 0 saturated carbocycles. The average molecular weight is 260 g/mol. The van der Waals surface area contributed by atoms with Gasteiger partial charge in [0.25, 0.3) is 0 Å². The molecule has 0 bridgehead atoms. The van der Waals surface area contributed by atoms with Gasteiger partial charge in [-0.25, -0.2) is 4.79 Å². The van der Waals surface area contributed by atoms with Gasteiger partial charge in [0.05, 0.1) is 6.61 Å². The molecule has 1 unspecified atom stereocenters. The molecule has 0 radical (unpaired) electrons. The van der Waals surface area contributed by atoms with Crippen molar-refractivity contribution >= 4 is 14.5 Å². The van der Waals surface area contributed by atoms with Gasteiger partial charge < -0.3 is 13.6 Å². The Labute approximate surface area is 105 Å². The van der Waals surface area contributed by atoms with E-state index in [0.717, 1.165) is 12.5 Å². The number of carbonyl (C=O) groups excluding carboxylic acids is 1. The molecular formula is C12H24O4Si. The van der Waals surface area contributed by atoms with E-state index in [1.54, 1.807) is 0 Å². The smallest absolute Gasteiger partial charge is 0.335 e. The highest BCUT2D eigenvalue weighted by molar-refractivity contribution is 6.66. The molecule has 1 atom stereocenters. The molecule has 0 aromatic heterocycles. The fourth-order valence-electron chi connectivity index (χ4n) is 1.59. The van der Waals surface area contributed by atoms with Gasteiger partial charge >= 0.3 is 14.5 Å². The van der Waals surface area contributed by atoms with Crippen molar-refractivity contribution in [1.82, 2.24) is 0 Å². The molecular weight excluding hydrogens is 236 g/mol. The Morgan fingerprint density at radius 1 is 1.47 bits per heavy atom. The average Bonchev–Trinajstić information content (AvgIpc) is 2.23. The summed E-state index contributed by atoms with van der Waals surface area (Å²) >= 11 is 0. The van der Waals surface area contributed by atoms with Gasteiger partial charge in [-0.2, -0.15) is 0 Å². The van der Waals surface area contributed by atoms with Gasteiger partial charge in [-0.1, -0.05) is 6.58 Å². The Morgan fingerprint density at radius 2 is 2.12 bits per heavy atom. The van der Waals surface area contributed by atoms with Crippen LogP contribution < -0.4 is 0 Å². The lowest BCUT2D eigenvalue weighted by Crippen LogP contribution is -2.41. The highest BCUT2D eigenvalue weighted by Crippen LogP contribution is 2.18. The summed E-state index contributed by atoms with van der Waals surface area (Å²) in [7, 11) is -2.11. The molecule has 0 aliphatic rings. The second kappa shape index (κ2) is 8.44. The summed E-state index contributed by atoms with van der Waals surface area (Å²) in [4.78, 5) is 10.8. The molecule has 0 aromatic rings. The molecule has 0 aromatic carbocycles. The first-order chi connectivity index (χ1) is 7.93. The van der Waals surface area contributed by atoms with Crippen molar-refractivity contribution in [2.75, 3.05) is 13.2 Å². The maximum atomic E-state index is 10.8. The van der Waals surface area contributed by atoms with Crippen LogP contribution in [0, 0.1) is 0 Å². The van der Waals surface area contributed by atoms with Crippen LogP contribution in [0.1, 0.15) is 27.2 Å². The Bertz CT molecular complexity index is 243. The van der Waals surface area contributed by atoms with Crippen molar-refractivity contribution in [3.05, 3.63) is 12.7 Å². The molecule has 0 amide bonds. The number of hydrogen-bond donors (Lipinski definition) is 0. The first-order valence-corrected chi connectivity index (χ1v) is 8.57. The molecule has 4 nitrogen and oxygen atoms in total. The minimum absolute atomic E-state index is 0.161. The SMILES string of the molecule is C=CC(=O)OCCC[Si](C)(OCC)OC(C)C. The predicted octanol–water partition coefficient (Wildman–Crippen LogP) is 2.64. The molecule has 0 saturated heterocycles. The topological polar surface area (TPSA) is 44.8 Å². The van der Waals surface area contributed by atoms with Crippen LogP contribution in [0.15, 0.2) is 12.7 Å². The maximum Gasteiger partial charge on any atom is 0.335 e. The lowest BCUT2D eigenvalue weighted by atomic mass is 10.5. The molecule has 0 aliphatic carbocycles. The highest BCUT2D eigenvalue weighted by Gasteiger charge is 2.31. The standard InChI is InChI=1S/C12H24O4Si/c1-6-12(13)14-9-8-10-17(5,15-7-2)16-11(3)4/h6,11H,1,7-10H2,2-5H3. The van der Waals surface area contributed by atoms with Crippen LogP contribution in [0.4, 0.5) is 0 Å². The zero-order valence-electron chi connectivity index (χ0n) is 11.3.